The molecule has 0 radical (unpaired) electrons. The highest BCUT2D eigenvalue weighted by Crippen LogP contribution is 2.21. The van der Waals surface area contributed by atoms with E-state index in [-0.39, 0.29) is 24.2 Å². The number of hydrogen-bond donors (Lipinski definition) is 1. The number of hydrogen-bond acceptors (Lipinski definition) is 3. The molecule has 94 valence electrons. The van der Waals surface area contributed by atoms with Crippen molar-refractivity contribution >= 4 is 17.8 Å². The Hall–Kier alpha value is -1.65. The predicted octanol–water partition coefficient (Wildman–Crippen LogP) is 1.19. The second kappa shape index (κ2) is 5.12. The molecule has 1 unspecified atom stereocenters. The molecule has 2 amide bonds. The maximum Gasteiger partial charge on any atom is 0.303 e. The molecule has 1 atom stereocenters. The van der Waals surface area contributed by atoms with Crippen molar-refractivity contribution in [2.24, 2.45) is 5.92 Å². The quantitative estimate of drug-likeness (QED) is 0.731. The van der Waals surface area contributed by atoms with Gasteiger partial charge in [-0.2, -0.15) is 0 Å². The lowest BCUT2D eigenvalue weighted by molar-refractivity contribution is -0.138. The summed E-state index contributed by atoms with van der Waals surface area (Å²) in [5, 5.41) is 8.56. The molecule has 1 aliphatic heterocycles. The van der Waals surface area contributed by atoms with Crippen molar-refractivity contribution in [1.82, 2.24) is 4.90 Å². The highest BCUT2D eigenvalue weighted by Gasteiger charge is 2.33. The minimum absolute atomic E-state index is 0.00213. The van der Waals surface area contributed by atoms with Crippen LogP contribution in [0.1, 0.15) is 33.6 Å². The average molecular weight is 239 g/mol. The number of aliphatic carboxylic acids is 1. The third-order valence-electron chi connectivity index (χ3n) is 3.04. The van der Waals surface area contributed by atoms with Crippen LogP contribution in [0.2, 0.25) is 0 Å². The van der Waals surface area contributed by atoms with Crippen LogP contribution in [0.15, 0.2) is 11.1 Å². The molecular formula is C12H17NO4. The topological polar surface area (TPSA) is 74.7 Å². The molecule has 1 heterocycles. The number of carboxylic acid groups (broad SMARTS) is 1. The molecule has 0 fully saturated rings. The third kappa shape index (κ3) is 2.93. The van der Waals surface area contributed by atoms with Crippen LogP contribution in [0.25, 0.3) is 0 Å². The van der Waals surface area contributed by atoms with Gasteiger partial charge in [0.15, 0.2) is 0 Å². The molecule has 0 aromatic rings. The molecule has 0 saturated carbocycles. The first-order valence-electron chi connectivity index (χ1n) is 5.60. The number of carbonyl (C=O) groups is 3. The Labute approximate surface area is 100 Å². The zero-order valence-electron chi connectivity index (χ0n) is 10.3. The maximum absolute atomic E-state index is 11.7. The summed E-state index contributed by atoms with van der Waals surface area (Å²) >= 11 is 0. The fourth-order valence-corrected chi connectivity index (χ4v) is 1.76. The normalized spacial score (nSPS) is 17.9. The van der Waals surface area contributed by atoms with E-state index in [1.165, 1.54) is 4.90 Å². The number of amides is 2. The highest BCUT2D eigenvalue weighted by molar-refractivity contribution is 6.18. The zero-order valence-corrected chi connectivity index (χ0v) is 10.3. The van der Waals surface area contributed by atoms with Crippen LogP contribution in [0.3, 0.4) is 0 Å². The second-order valence-corrected chi connectivity index (χ2v) is 4.51. The Bertz CT molecular complexity index is 373. The van der Waals surface area contributed by atoms with Crippen LogP contribution in [0.5, 0.6) is 0 Å². The molecule has 0 aliphatic carbocycles. The van der Waals surface area contributed by atoms with Crippen molar-refractivity contribution in [3.05, 3.63) is 11.1 Å². The van der Waals surface area contributed by atoms with Gasteiger partial charge in [-0.25, -0.2) is 0 Å². The molecule has 0 aromatic carbocycles. The van der Waals surface area contributed by atoms with Gasteiger partial charge in [-0.1, -0.05) is 6.92 Å². The molecule has 1 aliphatic rings. The van der Waals surface area contributed by atoms with Crippen LogP contribution in [0.4, 0.5) is 0 Å². The summed E-state index contributed by atoms with van der Waals surface area (Å²) in [6.07, 6.45) is 0.521. The number of carboxylic acids is 1. The van der Waals surface area contributed by atoms with Gasteiger partial charge in [-0.05, 0) is 26.2 Å². The standard InChI is InChI=1S/C12H17NO4/c1-7(4-5-10(14)15)6-13-11(16)8(2)9(3)12(13)17/h7H,4-6H2,1-3H3,(H,14,15). The Morgan fingerprint density at radius 3 is 2.12 bits per heavy atom. The number of carbonyl (C=O) groups excluding carboxylic acids is 2. The summed E-state index contributed by atoms with van der Waals surface area (Å²) in [5.41, 5.74) is 0.973. The highest BCUT2D eigenvalue weighted by atomic mass is 16.4. The van der Waals surface area contributed by atoms with E-state index >= 15 is 0 Å². The molecule has 5 nitrogen and oxygen atoms in total. The van der Waals surface area contributed by atoms with Crippen molar-refractivity contribution < 1.29 is 19.5 Å². The van der Waals surface area contributed by atoms with E-state index < -0.39 is 5.97 Å². The Balaban J connectivity index is 2.57. The SMILES string of the molecule is CC1=C(C)C(=O)N(CC(C)CCC(=O)O)C1=O. The van der Waals surface area contributed by atoms with Crippen molar-refractivity contribution in [3.8, 4) is 0 Å². The lowest BCUT2D eigenvalue weighted by atomic mass is 10.1. The van der Waals surface area contributed by atoms with E-state index in [4.69, 9.17) is 5.11 Å². The summed E-state index contributed by atoms with van der Waals surface area (Å²) in [6, 6.07) is 0. The zero-order chi connectivity index (χ0) is 13.2. The van der Waals surface area contributed by atoms with Crippen molar-refractivity contribution in [1.29, 1.82) is 0 Å². The first-order chi connectivity index (χ1) is 7.84. The molecule has 17 heavy (non-hydrogen) atoms. The minimum Gasteiger partial charge on any atom is -0.481 e. The molecular weight excluding hydrogens is 222 g/mol. The molecule has 0 spiro atoms. The third-order valence-corrected chi connectivity index (χ3v) is 3.04. The summed E-state index contributed by atoms with van der Waals surface area (Å²) < 4.78 is 0. The van der Waals surface area contributed by atoms with Crippen molar-refractivity contribution in [3.63, 3.8) is 0 Å². The van der Waals surface area contributed by atoms with Crippen LogP contribution >= 0.6 is 0 Å². The van der Waals surface area contributed by atoms with Gasteiger partial charge in [-0.3, -0.25) is 19.3 Å². The summed E-state index contributed by atoms with van der Waals surface area (Å²) in [6.45, 7) is 5.40. The summed E-state index contributed by atoms with van der Waals surface area (Å²) in [7, 11) is 0. The van der Waals surface area contributed by atoms with Crippen LogP contribution in [-0.2, 0) is 14.4 Å². The lowest BCUT2D eigenvalue weighted by Crippen LogP contribution is -2.35. The molecule has 0 aromatic heterocycles. The molecule has 5 heteroatoms. The van der Waals surface area contributed by atoms with Crippen LogP contribution in [0, 0.1) is 5.92 Å². The first-order valence-corrected chi connectivity index (χ1v) is 5.60. The van der Waals surface area contributed by atoms with E-state index in [9.17, 15) is 14.4 Å². The van der Waals surface area contributed by atoms with Crippen molar-refractivity contribution in [2.45, 2.75) is 33.6 Å². The first kappa shape index (κ1) is 13.4. The van der Waals surface area contributed by atoms with Crippen LogP contribution < -0.4 is 0 Å². The molecule has 1 rings (SSSR count). The Morgan fingerprint density at radius 1 is 1.24 bits per heavy atom. The Kier molecular flexibility index (Phi) is 4.04. The maximum atomic E-state index is 11.7. The predicted molar refractivity (Wildman–Crippen MR) is 61.1 cm³/mol. The van der Waals surface area contributed by atoms with Gasteiger partial charge in [0.1, 0.15) is 0 Å². The van der Waals surface area contributed by atoms with E-state index in [2.05, 4.69) is 0 Å². The summed E-state index contributed by atoms with van der Waals surface area (Å²) in [4.78, 5) is 35.1. The van der Waals surface area contributed by atoms with E-state index in [1.807, 2.05) is 6.92 Å². The molecule has 0 saturated heterocycles. The molecule has 0 bridgehead atoms. The monoisotopic (exact) mass is 239 g/mol. The minimum atomic E-state index is -0.860. The van der Waals surface area contributed by atoms with Gasteiger partial charge in [-0.15, -0.1) is 0 Å². The number of rotatable bonds is 5. The van der Waals surface area contributed by atoms with Gasteiger partial charge in [0.2, 0.25) is 0 Å². The van der Waals surface area contributed by atoms with E-state index in [0.717, 1.165) is 0 Å². The average Bonchev–Trinajstić information content (AvgIpc) is 2.44. The van der Waals surface area contributed by atoms with Crippen LogP contribution in [-0.4, -0.2) is 34.3 Å². The number of nitrogens with zero attached hydrogens (tertiary/aromatic N) is 1. The smallest absolute Gasteiger partial charge is 0.303 e. The largest absolute Gasteiger partial charge is 0.481 e. The van der Waals surface area contributed by atoms with E-state index in [1.54, 1.807) is 13.8 Å². The fourth-order valence-electron chi connectivity index (χ4n) is 1.76. The lowest BCUT2D eigenvalue weighted by Gasteiger charge is -2.19. The van der Waals surface area contributed by atoms with Gasteiger partial charge >= 0.3 is 5.97 Å². The molecule has 1 N–H and O–H groups in total. The fraction of sp³-hybridized carbons (Fsp3) is 0.583. The second-order valence-electron chi connectivity index (χ2n) is 4.51. The number of imide groups is 1. The van der Waals surface area contributed by atoms with Crippen molar-refractivity contribution in [2.75, 3.05) is 6.54 Å². The Morgan fingerprint density at radius 2 is 1.71 bits per heavy atom. The summed E-state index contributed by atoms with van der Waals surface area (Å²) in [5.74, 6) is -1.37. The van der Waals surface area contributed by atoms with Gasteiger partial charge in [0.25, 0.3) is 11.8 Å². The van der Waals surface area contributed by atoms with E-state index in [0.29, 0.717) is 24.1 Å². The van der Waals surface area contributed by atoms with Gasteiger partial charge in [0.05, 0.1) is 0 Å². The van der Waals surface area contributed by atoms with Gasteiger partial charge < -0.3 is 5.11 Å². The van der Waals surface area contributed by atoms with Gasteiger partial charge in [0, 0.05) is 24.1 Å².